The van der Waals surface area contributed by atoms with E-state index in [0.717, 1.165) is 46.2 Å². The maximum absolute atomic E-state index is 6.69. The molecule has 0 bridgehead atoms. The number of para-hydroxylation sites is 3. The van der Waals surface area contributed by atoms with Gasteiger partial charge in [0.25, 0.3) is 0 Å². The van der Waals surface area contributed by atoms with Gasteiger partial charge in [-0.2, -0.15) is 0 Å². The fourth-order valence-corrected chi connectivity index (χ4v) is 13.9. The lowest BCUT2D eigenvalue weighted by molar-refractivity contribution is 0.350. The fourth-order valence-electron chi connectivity index (χ4n) is 13.9. The van der Waals surface area contributed by atoms with E-state index in [-0.39, 0.29) is 5.41 Å². The van der Waals surface area contributed by atoms with Crippen LogP contribution in [0.2, 0.25) is 0 Å². The largest absolute Gasteiger partial charge is 0.456 e. The molecule has 3 unspecified atom stereocenters. The summed E-state index contributed by atoms with van der Waals surface area (Å²) in [6.45, 7) is 0. The first-order valence-electron chi connectivity index (χ1n) is 26.3. The Morgan fingerprint density at radius 2 is 0.784 bits per heavy atom. The number of hydrogen-bond acceptors (Lipinski definition) is 3. The van der Waals surface area contributed by atoms with Crippen LogP contribution in [-0.4, -0.2) is 0 Å². The number of rotatable bonds is 9. The third kappa shape index (κ3) is 6.66. The minimum Gasteiger partial charge on any atom is -0.456 e. The predicted octanol–water partition coefficient (Wildman–Crippen LogP) is 19.1. The third-order valence-corrected chi connectivity index (χ3v) is 16.9. The van der Waals surface area contributed by atoms with E-state index in [4.69, 9.17) is 4.42 Å². The summed E-state index contributed by atoms with van der Waals surface area (Å²) in [6, 6.07) is 94.2. The Kier molecular flexibility index (Phi) is 9.88. The molecule has 0 radical (unpaired) electrons. The molecule has 74 heavy (non-hydrogen) atoms. The molecule has 11 aromatic carbocycles. The highest BCUT2D eigenvalue weighted by Gasteiger charge is 2.62. The first-order chi connectivity index (χ1) is 36.7. The minimum atomic E-state index is -0.183. The van der Waals surface area contributed by atoms with E-state index in [0.29, 0.717) is 11.8 Å². The summed E-state index contributed by atoms with van der Waals surface area (Å²) >= 11 is 0. The van der Waals surface area contributed by atoms with Crippen molar-refractivity contribution >= 4 is 66.8 Å². The average molecular weight is 949 g/mol. The Balaban J connectivity index is 0.921. The van der Waals surface area contributed by atoms with Crippen LogP contribution in [-0.2, 0) is 18.3 Å². The second kappa shape index (κ2) is 17.1. The monoisotopic (exact) mass is 948 g/mol. The van der Waals surface area contributed by atoms with Crippen LogP contribution in [0.4, 0.5) is 34.1 Å². The molecule has 3 atom stereocenters. The molecule has 3 aliphatic rings. The van der Waals surface area contributed by atoms with Crippen molar-refractivity contribution in [3.8, 4) is 33.4 Å². The van der Waals surface area contributed by atoms with E-state index in [2.05, 4.69) is 265 Å². The van der Waals surface area contributed by atoms with Gasteiger partial charge >= 0.3 is 0 Å². The molecule has 352 valence electrons. The Hall–Kier alpha value is -8.92. The lowest BCUT2D eigenvalue weighted by Crippen LogP contribution is -2.34. The van der Waals surface area contributed by atoms with Gasteiger partial charge in [0.05, 0.1) is 11.4 Å². The van der Waals surface area contributed by atoms with Crippen LogP contribution in [0.15, 0.2) is 259 Å². The normalized spacial score (nSPS) is 17.3. The van der Waals surface area contributed by atoms with Gasteiger partial charge in [0.15, 0.2) is 0 Å². The van der Waals surface area contributed by atoms with Gasteiger partial charge in [-0.25, -0.2) is 0 Å². The van der Waals surface area contributed by atoms with Gasteiger partial charge in [-0.15, -0.1) is 0 Å². The van der Waals surface area contributed by atoms with Crippen LogP contribution >= 0.6 is 0 Å². The second-order valence-corrected chi connectivity index (χ2v) is 20.7. The van der Waals surface area contributed by atoms with Crippen molar-refractivity contribution in [3.63, 3.8) is 0 Å². The van der Waals surface area contributed by atoms with Gasteiger partial charge in [-0.3, -0.25) is 0 Å². The van der Waals surface area contributed by atoms with E-state index >= 15 is 0 Å². The zero-order valence-corrected chi connectivity index (χ0v) is 41.0. The Bertz CT molecular complexity index is 4040. The van der Waals surface area contributed by atoms with Crippen molar-refractivity contribution in [2.24, 2.45) is 11.8 Å². The molecule has 12 aromatic rings. The maximum Gasteiger partial charge on any atom is 0.137 e. The predicted molar refractivity (Wildman–Crippen MR) is 308 cm³/mol. The number of furan rings is 1. The maximum atomic E-state index is 6.69. The van der Waals surface area contributed by atoms with Crippen molar-refractivity contribution in [1.29, 1.82) is 0 Å². The molecule has 0 N–H and O–H groups in total. The summed E-state index contributed by atoms with van der Waals surface area (Å²) in [5, 5.41) is 4.73. The van der Waals surface area contributed by atoms with Crippen LogP contribution in [0.3, 0.4) is 0 Å². The molecule has 3 aliphatic carbocycles. The molecule has 0 saturated heterocycles. The Labute approximate surface area is 432 Å². The average Bonchev–Trinajstić information content (AvgIpc) is 4.21. The van der Waals surface area contributed by atoms with Crippen LogP contribution < -0.4 is 9.80 Å². The fraction of sp³-hybridized carbons (Fsp3) is 0.0986. The number of nitrogens with zero attached hydrogens (tertiary/aromatic N) is 2. The van der Waals surface area contributed by atoms with Crippen LogP contribution in [0.1, 0.15) is 35.1 Å². The zero-order chi connectivity index (χ0) is 48.7. The number of anilines is 6. The van der Waals surface area contributed by atoms with Gasteiger partial charge in [0, 0.05) is 45.0 Å². The van der Waals surface area contributed by atoms with Crippen LogP contribution in [0.25, 0.3) is 66.1 Å². The van der Waals surface area contributed by atoms with Gasteiger partial charge in [-0.05, 0) is 183 Å². The molecule has 1 fully saturated rings. The molecule has 0 aliphatic heterocycles. The van der Waals surface area contributed by atoms with Gasteiger partial charge in [0.2, 0.25) is 0 Å². The summed E-state index contributed by atoms with van der Waals surface area (Å²) in [5.74, 6) is 0.962. The van der Waals surface area contributed by atoms with Crippen molar-refractivity contribution in [2.75, 3.05) is 9.80 Å². The van der Waals surface area contributed by atoms with E-state index < -0.39 is 0 Å². The topological polar surface area (TPSA) is 19.6 Å². The molecular weight excluding hydrogens is 897 g/mol. The van der Waals surface area contributed by atoms with Crippen molar-refractivity contribution in [2.45, 2.75) is 31.1 Å². The summed E-state index contributed by atoms with van der Waals surface area (Å²) in [7, 11) is 0. The molecule has 0 amide bonds. The molecule has 3 heteroatoms. The number of fused-ring (bicyclic) bond motifs is 6. The minimum absolute atomic E-state index is 0.183. The van der Waals surface area contributed by atoms with E-state index in [9.17, 15) is 0 Å². The first kappa shape index (κ1) is 42.7. The summed E-state index contributed by atoms with van der Waals surface area (Å²) in [6.07, 6.45) is 4.57. The molecule has 1 heterocycles. The molecular formula is C71H52N2O. The highest BCUT2D eigenvalue weighted by Crippen LogP contribution is 2.69. The molecule has 15 rings (SSSR count). The van der Waals surface area contributed by atoms with Gasteiger partial charge < -0.3 is 14.2 Å². The quantitative estimate of drug-likeness (QED) is 0.144. The number of benzene rings is 11. The van der Waals surface area contributed by atoms with Crippen molar-refractivity contribution in [3.05, 3.63) is 277 Å². The Morgan fingerprint density at radius 1 is 0.338 bits per heavy atom. The molecule has 1 aromatic heterocycles. The molecule has 3 nitrogen and oxygen atoms in total. The number of hydrogen-bond donors (Lipinski definition) is 0. The first-order valence-corrected chi connectivity index (χ1v) is 26.3. The van der Waals surface area contributed by atoms with E-state index in [1.165, 1.54) is 102 Å². The van der Waals surface area contributed by atoms with Gasteiger partial charge in [-0.1, -0.05) is 170 Å². The van der Waals surface area contributed by atoms with Crippen molar-refractivity contribution < 1.29 is 4.42 Å². The smallest absolute Gasteiger partial charge is 0.137 e. The standard InChI is InChI=1S/C71H52N2O/c1-4-16-47(17-5-1)48-30-32-49(33-31-48)63-44-51-18-10-11-19-52(51)45-64(63)50-34-38-59(39-35-50)73(60-40-41-62-61-26-12-13-29-67(61)74-68(62)46-60)66-28-15-21-54-43-56-37-36-55-42-53-20-14-27-65(69(53)71(55,56)70(54)66)72(57-22-6-2-7-23-57)58-24-8-3-9-25-58/h1-35,38-41,44-46,55-56H,36-37,42-43H2. The Morgan fingerprint density at radius 3 is 1.38 bits per heavy atom. The molecule has 1 spiro atoms. The zero-order valence-electron chi connectivity index (χ0n) is 41.0. The summed E-state index contributed by atoms with van der Waals surface area (Å²) < 4.78 is 6.69. The SMILES string of the molecule is c1ccc(-c2ccc(-c3cc4ccccc4cc3-c3ccc(N(c4ccc5c(c4)oc4ccccc45)c4cccc5c4C46c7c(cccc7N(c7ccccc7)c7ccccc7)CC4CCC6C5)cc3)cc2)cc1. The van der Waals surface area contributed by atoms with E-state index in [1.54, 1.807) is 0 Å². The van der Waals surface area contributed by atoms with E-state index in [1.807, 2.05) is 0 Å². The highest BCUT2D eigenvalue weighted by atomic mass is 16.3. The van der Waals surface area contributed by atoms with Gasteiger partial charge in [0.1, 0.15) is 11.2 Å². The highest BCUT2D eigenvalue weighted by molar-refractivity contribution is 6.06. The summed E-state index contributed by atoms with van der Waals surface area (Å²) in [4.78, 5) is 5.08. The summed E-state index contributed by atoms with van der Waals surface area (Å²) in [5.41, 5.74) is 21.9. The van der Waals surface area contributed by atoms with Crippen molar-refractivity contribution in [1.82, 2.24) is 0 Å². The lowest BCUT2D eigenvalue weighted by Gasteiger charge is -2.40. The van der Waals surface area contributed by atoms with Crippen LogP contribution in [0.5, 0.6) is 0 Å². The van der Waals surface area contributed by atoms with Crippen LogP contribution in [0, 0.1) is 11.8 Å². The second-order valence-electron chi connectivity index (χ2n) is 20.7. The molecule has 1 saturated carbocycles. The third-order valence-electron chi connectivity index (χ3n) is 16.9. The lowest BCUT2D eigenvalue weighted by atomic mass is 9.68.